The van der Waals surface area contributed by atoms with Gasteiger partial charge in [-0.1, -0.05) is 40.7 Å². The molecular formula is C26H40O4. The fraction of sp³-hybridized carbons (Fsp3) is 0.654. The molecule has 4 heteroatoms. The van der Waals surface area contributed by atoms with E-state index in [9.17, 15) is 4.79 Å². The molecule has 0 saturated heterocycles. The fourth-order valence-electron chi connectivity index (χ4n) is 4.08. The van der Waals surface area contributed by atoms with E-state index in [1.54, 1.807) is 14.2 Å². The summed E-state index contributed by atoms with van der Waals surface area (Å²) in [5.74, 6) is 1.66. The molecule has 168 valence electrons. The van der Waals surface area contributed by atoms with Crippen molar-refractivity contribution in [2.45, 2.75) is 79.6 Å². The van der Waals surface area contributed by atoms with E-state index in [0.717, 1.165) is 35.5 Å². The summed E-state index contributed by atoms with van der Waals surface area (Å²) < 4.78 is 17.3. The van der Waals surface area contributed by atoms with Gasteiger partial charge >= 0.3 is 5.97 Å². The van der Waals surface area contributed by atoms with Crippen molar-refractivity contribution in [3.05, 3.63) is 34.9 Å². The Morgan fingerprint density at radius 3 is 2.00 bits per heavy atom. The van der Waals surface area contributed by atoms with Gasteiger partial charge in [0.15, 0.2) is 0 Å². The first kappa shape index (κ1) is 24.3. The molecular weight excluding hydrogens is 376 g/mol. The zero-order valence-corrected chi connectivity index (χ0v) is 20.6. The van der Waals surface area contributed by atoms with Crippen LogP contribution >= 0.6 is 0 Å². The van der Waals surface area contributed by atoms with Gasteiger partial charge in [0, 0.05) is 11.5 Å². The van der Waals surface area contributed by atoms with Gasteiger partial charge in [0.25, 0.3) is 0 Å². The lowest BCUT2D eigenvalue weighted by Crippen LogP contribution is -2.27. The second-order valence-electron chi connectivity index (χ2n) is 11.3. The van der Waals surface area contributed by atoms with E-state index in [2.05, 4.69) is 52.8 Å². The van der Waals surface area contributed by atoms with Crippen molar-refractivity contribution in [2.75, 3.05) is 20.8 Å². The maximum Gasteiger partial charge on any atom is 0.311 e. The molecule has 0 fully saturated rings. The molecule has 1 aliphatic carbocycles. The average molecular weight is 417 g/mol. The van der Waals surface area contributed by atoms with Crippen LogP contribution < -0.4 is 9.47 Å². The van der Waals surface area contributed by atoms with Gasteiger partial charge in [-0.05, 0) is 67.7 Å². The van der Waals surface area contributed by atoms with Crippen LogP contribution in [-0.4, -0.2) is 26.8 Å². The van der Waals surface area contributed by atoms with Crippen LogP contribution in [0.1, 0.15) is 85.3 Å². The van der Waals surface area contributed by atoms with E-state index in [1.165, 1.54) is 5.56 Å². The monoisotopic (exact) mass is 416 g/mol. The van der Waals surface area contributed by atoms with Crippen LogP contribution in [0.5, 0.6) is 11.5 Å². The number of methoxy groups -OCH3 is 2. The molecule has 30 heavy (non-hydrogen) atoms. The Morgan fingerprint density at radius 2 is 1.57 bits per heavy atom. The largest absolute Gasteiger partial charge is 0.496 e. The highest BCUT2D eigenvalue weighted by molar-refractivity contribution is 5.75. The minimum absolute atomic E-state index is 0.00686. The average Bonchev–Trinajstić information content (AvgIpc) is 2.61. The van der Waals surface area contributed by atoms with Crippen LogP contribution in [0.4, 0.5) is 0 Å². The van der Waals surface area contributed by atoms with Gasteiger partial charge in [-0.2, -0.15) is 0 Å². The molecule has 1 aromatic carbocycles. The molecule has 0 radical (unpaired) electrons. The number of ether oxygens (including phenoxy) is 3. The van der Waals surface area contributed by atoms with Gasteiger partial charge in [0.05, 0.1) is 19.6 Å². The summed E-state index contributed by atoms with van der Waals surface area (Å²) >= 11 is 0. The summed E-state index contributed by atoms with van der Waals surface area (Å²) in [6, 6.07) is 4.26. The first-order chi connectivity index (χ1) is 13.7. The van der Waals surface area contributed by atoms with Gasteiger partial charge in [-0.25, -0.2) is 0 Å². The van der Waals surface area contributed by atoms with Gasteiger partial charge in [-0.15, -0.1) is 0 Å². The number of carbonyl (C=O) groups is 1. The molecule has 0 amide bonds. The van der Waals surface area contributed by atoms with Crippen LogP contribution in [0.2, 0.25) is 0 Å². The lowest BCUT2D eigenvalue weighted by Gasteiger charge is -2.36. The second kappa shape index (κ2) is 8.64. The van der Waals surface area contributed by atoms with Crippen LogP contribution in [0, 0.1) is 10.8 Å². The number of rotatable bonds is 5. The molecule has 1 atom stereocenters. The van der Waals surface area contributed by atoms with E-state index >= 15 is 0 Å². The number of benzene rings is 1. The number of allylic oxidation sites excluding steroid dienone is 1. The van der Waals surface area contributed by atoms with E-state index in [1.807, 2.05) is 20.8 Å². The zero-order chi connectivity index (χ0) is 22.9. The molecule has 0 aromatic heterocycles. The summed E-state index contributed by atoms with van der Waals surface area (Å²) in [5, 5.41) is 0. The molecule has 1 aromatic rings. The van der Waals surface area contributed by atoms with Crippen LogP contribution in [0.25, 0.3) is 0 Å². The first-order valence-electron chi connectivity index (χ1n) is 10.8. The Labute approximate surface area is 183 Å². The quantitative estimate of drug-likeness (QED) is 0.410. The van der Waals surface area contributed by atoms with Gasteiger partial charge in [-0.3, -0.25) is 4.79 Å². The van der Waals surface area contributed by atoms with E-state index in [0.29, 0.717) is 6.61 Å². The SMILES string of the molecule is COc1cc(C(C)(C)C)cc(OC)c1C1C=C(COC(=O)C(C)(C)C)CC(C)(C)C1. The third-order valence-electron chi connectivity index (χ3n) is 5.70. The molecule has 0 heterocycles. The molecule has 4 nitrogen and oxygen atoms in total. The smallest absolute Gasteiger partial charge is 0.311 e. The third-order valence-corrected chi connectivity index (χ3v) is 5.70. The maximum absolute atomic E-state index is 12.3. The first-order valence-corrected chi connectivity index (χ1v) is 10.8. The highest BCUT2D eigenvalue weighted by Crippen LogP contribution is 2.48. The molecule has 1 unspecified atom stereocenters. The number of carbonyl (C=O) groups excluding carboxylic acids is 1. The van der Waals surface area contributed by atoms with Crippen molar-refractivity contribution in [3.8, 4) is 11.5 Å². The van der Waals surface area contributed by atoms with Crippen LogP contribution in [-0.2, 0) is 14.9 Å². The normalized spacial score (nSPS) is 19.1. The second-order valence-corrected chi connectivity index (χ2v) is 11.3. The van der Waals surface area contributed by atoms with Crippen LogP contribution in [0.3, 0.4) is 0 Å². The summed E-state index contributed by atoms with van der Waals surface area (Å²) in [4.78, 5) is 12.3. The minimum atomic E-state index is -0.501. The predicted molar refractivity (Wildman–Crippen MR) is 122 cm³/mol. The molecule has 0 N–H and O–H groups in total. The number of esters is 1. The molecule has 0 spiro atoms. The van der Waals surface area contributed by atoms with Gasteiger partial charge < -0.3 is 14.2 Å². The van der Waals surface area contributed by atoms with Crippen LogP contribution in [0.15, 0.2) is 23.8 Å². The van der Waals surface area contributed by atoms with Crippen molar-refractivity contribution in [3.63, 3.8) is 0 Å². The molecule has 0 bridgehead atoms. The highest BCUT2D eigenvalue weighted by Gasteiger charge is 2.34. The Bertz CT molecular complexity index is 778. The van der Waals surface area contributed by atoms with Crippen molar-refractivity contribution < 1.29 is 19.0 Å². The van der Waals surface area contributed by atoms with E-state index in [-0.39, 0.29) is 22.7 Å². The molecule has 0 aliphatic heterocycles. The van der Waals surface area contributed by atoms with Crippen molar-refractivity contribution in [1.82, 2.24) is 0 Å². The lowest BCUT2D eigenvalue weighted by molar-refractivity contribution is -0.152. The van der Waals surface area contributed by atoms with E-state index < -0.39 is 5.41 Å². The third kappa shape index (κ3) is 5.80. The summed E-state index contributed by atoms with van der Waals surface area (Å²) in [7, 11) is 3.43. The molecule has 1 aliphatic rings. The van der Waals surface area contributed by atoms with Crippen molar-refractivity contribution in [2.24, 2.45) is 10.8 Å². The standard InChI is InChI=1S/C26H40O4/c1-24(2,3)19-12-20(28-9)22(21(13-19)29-10)18-11-17(14-26(7,8)15-18)16-30-23(27)25(4,5)6/h11-13,18H,14-16H2,1-10H3. The van der Waals surface area contributed by atoms with Gasteiger partial charge in [0.1, 0.15) is 18.1 Å². The number of hydrogen-bond acceptors (Lipinski definition) is 4. The van der Waals surface area contributed by atoms with Crippen molar-refractivity contribution in [1.29, 1.82) is 0 Å². The highest BCUT2D eigenvalue weighted by atomic mass is 16.5. The number of hydrogen-bond donors (Lipinski definition) is 0. The van der Waals surface area contributed by atoms with E-state index in [4.69, 9.17) is 14.2 Å². The summed E-state index contributed by atoms with van der Waals surface area (Å²) in [6.07, 6.45) is 4.13. The Balaban J connectivity index is 2.46. The minimum Gasteiger partial charge on any atom is -0.496 e. The lowest BCUT2D eigenvalue weighted by atomic mass is 9.70. The fourth-order valence-corrected chi connectivity index (χ4v) is 4.08. The Kier molecular flexibility index (Phi) is 7.00. The zero-order valence-electron chi connectivity index (χ0n) is 20.6. The Morgan fingerprint density at radius 1 is 1.03 bits per heavy atom. The molecule has 2 rings (SSSR count). The summed E-state index contributed by atoms with van der Waals surface area (Å²) in [6.45, 7) is 17.1. The Hall–Kier alpha value is -1.97. The summed E-state index contributed by atoms with van der Waals surface area (Å²) in [5.41, 5.74) is 2.98. The van der Waals surface area contributed by atoms with Crippen molar-refractivity contribution >= 4 is 5.97 Å². The maximum atomic E-state index is 12.3. The topological polar surface area (TPSA) is 44.8 Å². The van der Waals surface area contributed by atoms with Gasteiger partial charge in [0.2, 0.25) is 0 Å². The molecule has 0 saturated carbocycles. The predicted octanol–water partition coefficient (Wildman–Crippen LogP) is 6.42.